The predicted molar refractivity (Wildman–Crippen MR) is 75.4 cm³/mol. The summed E-state index contributed by atoms with van der Waals surface area (Å²) < 4.78 is 11.3. The summed E-state index contributed by atoms with van der Waals surface area (Å²) in [5.41, 5.74) is -0.0797. The Balaban J connectivity index is 1.68. The second kappa shape index (κ2) is 5.45. The largest absolute Gasteiger partial charge is 0.375 e. The van der Waals surface area contributed by atoms with Crippen molar-refractivity contribution < 1.29 is 9.26 Å². The van der Waals surface area contributed by atoms with Crippen LogP contribution in [0.5, 0.6) is 0 Å². The molecule has 0 spiro atoms. The summed E-state index contributed by atoms with van der Waals surface area (Å²) in [5.74, 6) is 1.53. The number of ether oxygens (including phenoxy) is 1. The van der Waals surface area contributed by atoms with Crippen molar-refractivity contribution in [1.82, 2.24) is 15.0 Å². The molecule has 5 nitrogen and oxygen atoms in total. The van der Waals surface area contributed by atoms with Crippen molar-refractivity contribution in [2.75, 3.05) is 13.2 Å². The Kier molecular flexibility index (Phi) is 3.82. The molecule has 2 heterocycles. The third-order valence-electron chi connectivity index (χ3n) is 4.30. The molecule has 2 fully saturated rings. The molecule has 0 aromatic carbocycles. The zero-order valence-corrected chi connectivity index (χ0v) is 12.8. The quantitative estimate of drug-likeness (QED) is 0.832. The molecule has 1 aromatic rings. The third-order valence-corrected chi connectivity index (χ3v) is 4.30. The van der Waals surface area contributed by atoms with E-state index in [1.165, 1.54) is 25.7 Å². The van der Waals surface area contributed by atoms with Gasteiger partial charge in [0, 0.05) is 18.0 Å². The topological polar surface area (TPSA) is 51.4 Å². The van der Waals surface area contributed by atoms with Gasteiger partial charge in [-0.05, 0) is 12.8 Å². The van der Waals surface area contributed by atoms with Gasteiger partial charge >= 0.3 is 0 Å². The second-order valence-electron chi connectivity index (χ2n) is 7.00. The molecule has 2 aliphatic rings. The van der Waals surface area contributed by atoms with Crippen LogP contribution in [0.15, 0.2) is 4.52 Å². The highest BCUT2D eigenvalue weighted by Gasteiger charge is 2.35. The van der Waals surface area contributed by atoms with Gasteiger partial charge in [-0.15, -0.1) is 0 Å². The van der Waals surface area contributed by atoms with Gasteiger partial charge in [0.2, 0.25) is 5.89 Å². The fourth-order valence-electron chi connectivity index (χ4n) is 3.18. The second-order valence-corrected chi connectivity index (χ2v) is 7.00. The van der Waals surface area contributed by atoms with Crippen molar-refractivity contribution in [3.63, 3.8) is 0 Å². The summed E-state index contributed by atoms with van der Waals surface area (Å²) in [6.07, 6.45) is 5.44. The third kappa shape index (κ3) is 2.88. The van der Waals surface area contributed by atoms with Crippen LogP contribution in [0.4, 0.5) is 0 Å². The maximum atomic E-state index is 5.90. The molecule has 1 aromatic heterocycles. The van der Waals surface area contributed by atoms with E-state index in [1.54, 1.807) is 0 Å². The maximum absolute atomic E-state index is 5.90. The number of rotatable bonds is 2. The highest BCUT2D eigenvalue weighted by Crippen LogP contribution is 2.29. The van der Waals surface area contributed by atoms with E-state index in [-0.39, 0.29) is 5.41 Å². The van der Waals surface area contributed by atoms with Crippen molar-refractivity contribution >= 4 is 0 Å². The van der Waals surface area contributed by atoms with E-state index in [0.29, 0.717) is 12.1 Å². The van der Waals surface area contributed by atoms with Gasteiger partial charge in [0.05, 0.1) is 19.3 Å². The zero-order chi connectivity index (χ0) is 14.2. The van der Waals surface area contributed by atoms with Crippen molar-refractivity contribution in [2.45, 2.75) is 70.6 Å². The number of morpholine rings is 1. The molecule has 0 radical (unpaired) electrons. The molecule has 3 rings (SSSR count). The van der Waals surface area contributed by atoms with Crippen LogP contribution in [0.3, 0.4) is 0 Å². The van der Waals surface area contributed by atoms with E-state index in [0.717, 1.165) is 31.4 Å². The molecule has 0 N–H and O–H groups in total. The number of aromatic nitrogens is 2. The lowest BCUT2D eigenvalue weighted by molar-refractivity contribution is -0.0919. The molecule has 1 saturated carbocycles. The first-order chi connectivity index (χ1) is 9.54. The highest BCUT2D eigenvalue weighted by atomic mass is 16.5. The summed E-state index contributed by atoms with van der Waals surface area (Å²) in [4.78, 5) is 7.03. The van der Waals surface area contributed by atoms with Gasteiger partial charge in [-0.25, -0.2) is 0 Å². The minimum atomic E-state index is -0.0797. The van der Waals surface area contributed by atoms with Crippen LogP contribution in [0, 0.1) is 0 Å². The van der Waals surface area contributed by atoms with Gasteiger partial charge in [0.15, 0.2) is 5.82 Å². The first-order valence-corrected chi connectivity index (χ1v) is 7.73. The number of fused-ring (bicyclic) bond motifs is 1. The van der Waals surface area contributed by atoms with Crippen LogP contribution in [0.1, 0.15) is 58.2 Å². The molecule has 1 aliphatic carbocycles. The van der Waals surface area contributed by atoms with Crippen LogP contribution in [-0.2, 0) is 16.7 Å². The Morgan fingerprint density at radius 3 is 2.80 bits per heavy atom. The van der Waals surface area contributed by atoms with Gasteiger partial charge in [-0.2, -0.15) is 4.98 Å². The lowest BCUT2D eigenvalue weighted by Gasteiger charge is -2.43. The van der Waals surface area contributed by atoms with E-state index in [9.17, 15) is 0 Å². The molecule has 1 saturated heterocycles. The number of nitrogens with zero attached hydrogens (tertiary/aromatic N) is 3. The van der Waals surface area contributed by atoms with Crippen molar-refractivity contribution in [1.29, 1.82) is 0 Å². The minimum Gasteiger partial charge on any atom is -0.375 e. The van der Waals surface area contributed by atoms with Crippen LogP contribution in [-0.4, -0.2) is 40.3 Å². The standard InChI is InChI=1S/C15H25N3O2/c1-15(2,3)14-16-13(17-20-14)10-18-8-9-19-12-7-5-4-6-11(12)18/h11-12H,4-10H2,1-3H3. The number of hydrogen-bond donors (Lipinski definition) is 0. The Morgan fingerprint density at radius 2 is 2.05 bits per heavy atom. The predicted octanol–water partition coefficient (Wildman–Crippen LogP) is 2.51. The molecular weight excluding hydrogens is 254 g/mol. The van der Waals surface area contributed by atoms with Gasteiger partial charge in [0.25, 0.3) is 0 Å². The first kappa shape index (κ1) is 14.0. The average molecular weight is 279 g/mol. The van der Waals surface area contributed by atoms with Crippen molar-refractivity contribution in [2.24, 2.45) is 0 Å². The molecule has 112 valence electrons. The summed E-state index contributed by atoms with van der Waals surface area (Å²) >= 11 is 0. The fraction of sp³-hybridized carbons (Fsp3) is 0.867. The van der Waals surface area contributed by atoms with E-state index in [1.807, 2.05) is 0 Å². The van der Waals surface area contributed by atoms with Crippen molar-refractivity contribution in [3.05, 3.63) is 11.7 Å². The fourth-order valence-corrected chi connectivity index (χ4v) is 3.18. The smallest absolute Gasteiger partial charge is 0.232 e. The maximum Gasteiger partial charge on any atom is 0.232 e. The van der Waals surface area contributed by atoms with E-state index < -0.39 is 0 Å². The lowest BCUT2D eigenvalue weighted by atomic mass is 9.90. The minimum absolute atomic E-state index is 0.0797. The molecule has 20 heavy (non-hydrogen) atoms. The van der Waals surface area contributed by atoms with Gasteiger partial charge in [0.1, 0.15) is 0 Å². The Morgan fingerprint density at radius 1 is 1.25 bits per heavy atom. The summed E-state index contributed by atoms with van der Waals surface area (Å²) in [5, 5.41) is 4.15. The molecule has 1 aliphatic heterocycles. The molecule has 2 unspecified atom stereocenters. The van der Waals surface area contributed by atoms with Crippen LogP contribution >= 0.6 is 0 Å². The van der Waals surface area contributed by atoms with Gasteiger partial charge in [-0.3, -0.25) is 4.90 Å². The SMILES string of the molecule is CC(C)(C)c1nc(CN2CCOC3CCCCC32)no1. The van der Waals surface area contributed by atoms with Crippen LogP contribution in [0.2, 0.25) is 0 Å². The molecule has 2 atom stereocenters. The number of hydrogen-bond acceptors (Lipinski definition) is 5. The zero-order valence-electron chi connectivity index (χ0n) is 12.8. The van der Waals surface area contributed by atoms with E-state index in [4.69, 9.17) is 9.26 Å². The molecule has 0 bridgehead atoms. The van der Waals surface area contributed by atoms with Crippen LogP contribution < -0.4 is 0 Å². The molecular formula is C15H25N3O2. The van der Waals surface area contributed by atoms with E-state index >= 15 is 0 Å². The summed E-state index contributed by atoms with van der Waals surface area (Å²) in [6.45, 7) is 8.86. The monoisotopic (exact) mass is 279 g/mol. The van der Waals surface area contributed by atoms with Gasteiger partial charge < -0.3 is 9.26 Å². The first-order valence-electron chi connectivity index (χ1n) is 7.73. The Hall–Kier alpha value is -0.940. The van der Waals surface area contributed by atoms with Crippen LogP contribution in [0.25, 0.3) is 0 Å². The lowest BCUT2D eigenvalue weighted by Crippen LogP contribution is -2.52. The molecule has 5 heteroatoms. The normalized spacial score (nSPS) is 28.4. The van der Waals surface area contributed by atoms with Gasteiger partial charge in [-0.1, -0.05) is 38.8 Å². The summed E-state index contributed by atoms with van der Waals surface area (Å²) in [7, 11) is 0. The van der Waals surface area contributed by atoms with Crippen molar-refractivity contribution in [3.8, 4) is 0 Å². The molecule has 0 amide bonds. The Labute approximate surface area is 120 Å². The Bertz CT molecular complexity index is 450. The average Bonchev–Trinajstić information content (AvgIpc) is 2.88. The summed E-state index contributed by atoms with van der Waals surface area (Å²) in [6, 6.07) is 0.536. The van der Waals surface area contributed by atoms with E-state index in [2.05, 4.69) is 35.8 Å². The highest BCUT2D eigenvalue weighted by molar-refractivity contribution is 4.99.